The SMILES string of the molecule is C=CC1=CCC2C(=O)C=C(C)C(=O)C2(C)C1c1ccc(OCCO)cc1. The van der Waals surface area contributed by atoms with Gasteiger partial charge in [-0.2, -0.15) is 0 Å². The van der Waals surface area contributed by atoms with Crippen LogP contribution in [0.2, 0.25) is 0 Å². The highest BCUT2D eigenvalue weighted by Crippen LogP contribution is 2.54. The van der Waals surface area contributed by atoms with Gasteiger partial charge in [-0.25, -0.2) is 0 Å². The maximum Gasteiger partial charge on any atom is 0.166 e. The number of Topliss-reactive ketones (excluding diaryl/α,β-unsaturated/α-hetero) is 1. The van der Waals surface area contributed by atoms with E-state index in [2.05, 4.69) is 6.58 Å². The second-order valence-corrected chi connectivity index (χ2v) is 7.11. The van der Waals surface area contributed by atoms with Crippen LogP contribution in [0.1, 0.15) is 31.7 Å². The molecule has 3 atom stereocenters. The topological polar surface area (TPSA) is 63.6 Å². The molecule has 1 aromatic carbocycles. The highest BCUT2D eigenvalue weighted by atomic mass is 16.5. The summed E-state index contributed by atoms with van der Waals surface area (Å²) >= 11 is 0. The van der Waals surface area contributed by atoms with Gasteiger partial charge in [-0.15, -0.1) is 0 Å². The lowest BCUT2D eigenvalue weighted by atomic mass is 9.53. The summed E-state index contributed by atoms with van der Waals surface area (Å²) in [7, 11) is 0. The summed E-state index contributed by atoms with van der Waals surface area (Å²) in [6, 6.07) is 7.51. The molecule has 0 saturated carbocycles. The van der Waals surface area contributed by atoms with Crippen LogP contribution in [0.15, 0.2) is 60.2 Å². The van der Waals surface area contributed by atoms with Gasteiger partial charge in [0.1, 0.15) is 12.4 Å². The van der Waals surface area contributed by atoms with Crippen molar-refractivity contribution in [1.82, 2.24) is 0 Å². The third-order valence-electron chi connectivity index (χ3n) is 5.60. The molecule has 1 aromatic rings. The van der Waals surface area contributed by atoms with Crippen molar-refractivity contribution in [3.05, 3.63) is 65.8 Å². The number of ketones is 2. The zero-order valence-electron chi connectivity index (χ0n) is 15.2. The van der Waals surface area contributed by atoms with Crippen molar-refractivity contribution in [2.45, 2.75) is 26.2 Å². The van der Waals surface area contributed by atoms with Gasteiger partial charge in [-0.3, -0.25) is 9.59 Å². The van der Waals surface area contributed by atoms with E-state index in [-0.39, 0.29) is 36.6 Å². The lowest BCUT2D eigenvalue weighted by Crippen LogP contribution is -2.49. The second-order valence-electron chi connectivity index (χ2n) is 7.11. The van der Waals surface area contributed by atoms with E-state index in [1.807, 2.05) is 37.3 Å². The van der Waals surface area contributed by atoms with E-state index in [0.717, 1.165) is 11.1 Å². The molecular weight excluding hydrogens is 328 g/mol. The summed E-state index contributed by atoms with van der Waals surface area (Å²) in [5.41, 5.74) is 1.63. The molecule has 1 N–H and O–H groups in total. The summed E-state index contributed by atoms with van der Waals surface area (Å²) < 4.78 is 5.42. The molecule has 2 aliphatic rings. The Bertz CT molecular complexity index is 800. The minimum absolute atomic E-state index is 0.0249. The molecule has 0 saturated heterocycles. The maximum atomic E-state index is 13.1. The highest BCUT2D eigenvalue weighted by molar-refractivity contribution is 6.13. The van der Waals surface area contributed by atoms with E-state index in [0.29, 0.717) is 17.7 Å². The number of benzene rings is 1. The van der Waals surface area contributed by atoms with Crippen molar-refractivity contribution in [3.8, 4) is 5.75 Å². The van der Waals surface area contributed by atoms with Crippen molar-refractivity contribution >= 4 is 11.6 Å². The van der Waals surface area contributed by atoms with Crippen LogP contribution >= 0.6 is 0 Å². The summed E-state index contributed by atoms with van der Waals surface area (Å²) in [6.07, 6.45) is 5.86. The molecule has 2 aliphatic carbocycles. The number of fused-ring (bicyclic) bond motifs is 1. The van der Waals surface area contributed by atoms with Crippen LogP contribution in [0, 0.1) is 11.3 Å². The van der Waals surface area contributed by atoms with Crippen LogP contribution < -0.4 is 4.74 Å². The lowest BCUT2D eigenvalue weighted by molar-refractivity contribution is -0.137. The van der Waals surface area contributed by atoms with Crippen LogP contribution in [0.5, 0.6) is 5.75 Å². The van der Waals surface area contributed by atoms with Gasteiger partial charge in [0.2, 0.25) is 0 Å². The van der Waals surface area contributed by atoms with E-state index in [1.54, 1.807) is 13.0 Å². The Morgan fingerprint density at radius 3 is 2.62 bits per heavy atom. The fraction of sp³-hybridized carbons (Fsp3) is 0.364. The first-order valence-electron chi connectivity index (χ1n) is 8.86. The number of rotatable bonds is 5. The number of hydrogen-bond acceptors (Lipinski definition) is 4. The van der Waals surface area contributed by atoms with Crippen molar-refractivity contribution in [2.75, 3.05) is 13.2 Å². The van der Waals surface area contributed by atoms with Gasteiger partial charge in [-0.05, 0) is 48.3 Å². The first kappa shape index (κ1) is 18.3. The quantitative estimate of drug-likeness (QED) is 0.882. The van der Waals surface area contributed by atoms with Crippen molar-refractivity contribution < 1.29 is 19.4 Å². The molecule has 3 unspecified atom stereocenters. The first-order chi connectivity index (χ1) is 12.4. The van der Waals surface area contributed by atoms with E-state index in [4.69, 9.17) is 9.84 Å². The molecule has 0 radical (unpaired) electrons. The number of carbonyl (C=O) groups excluding carboxylic acids is 2. The standard InChI is InChI=1S/C22H24O4/c1-4-15-7-10-18-19(24)13-14(2)21(25)22(18,3)20(15)16-5-8-17(9-6-16)26-12-11-23/h4-9,13,18,20,23H,1,10-12H2,2-3H3. The van der Waals surface area contributed by atoms with Crippen molar-refractivity contribution in [3.63, 3.8) is 0 Å². The Morgan fingerprint density at radius 1 is 1.31 bits per heavy atom. The van der Waals surface area contributed by atoms with Crippen LogP contribution in [0.3, 0.4) is 0 Å². The third kappa shape index (κ3) is 2.84. The van der Waals surface area contributed by atoms with Gasteiger partial charge in [0.25, 0.3) is 0 Å². The minimum Gasteiger partial charge on any atom is -0.491 e. The molecule has 0 fully saturated rings. The zero-order valence-corrected chi connectivity index (χ0v) is 15.2. The monoisotopic (exact) mass is 352 g/mol. The van der Waals surface area contributed by atoms with Gasteiger partial charge >= 0.3 is 0 Å². The molecule has 26 heavy (non-hydrogen) atoms. The molecule has 4 heteroatoms. The number of aliphatic hydroxyl groups excluding tert-OH is 1. The van der Waals surface area contributed by atoms with Gasteiger partial charge in [-0.1, -0.05) is 37.8 Å². The molecule has 136 valence electrons. The summed E-state index contributed by atoms with van der Waals surface area (Å²) in [5.74, 6) is 0.132. The highest BCUT2D eigenvalue weighted by Gasteiger charge is 2.54. The number of ether oxygens (including phenoxy) is 1. The van der Waals surface area contributed by atoms with Crippen LogP contribution in [-0.4, -0.2) is 29.9 Å². The van der Waals surface area contributed by atoms with Crippen molar-refractivity contribution in [1.29, 1.82) is 0 Å². The summed E-state index contributed by atoms with van der Waals surface area (Å²) in [5, 5.41) is 8.88. The number of hydrogen-bond donors (Lipinski definition) is 1. The van der Waals surface area contributed by atoms with E-state index in [9.17, 15) is 9.59 Å². The van der Waals surface area contributed by atoms with E-state index < -0.39 is 5.41 Å². The number of aliphatic hydroxyl groups is 1. The van der Waals surface area contributed by atoms with Crippen molar-refractivity contribution in [2.24, 2.45) is 11.3 Å². The van der Waals surface area contributed by atoms with Gasteiger partial charge < -0.3 is 9.84 Å². The Morgan fingerprint density at radius 2 is 2.00 bits per heavy atom. The molecule has 0 aliphatic heterocycles. The molecule has 3 rings (SSSR count). The predicted octanol–water partition coefficient (Wildman–Crippen LogP) is 3.38. The van der Waals surface area contributed by atoms with Crippen LogP contribution in [0.4, 0.5) is 0 Å². The largest absolute Gasteiger partial charge is 0.491 e. The predicted molar refractivity (Wildman–Crippen MR) is 100 cm³/mol. The zero-order chi connectivity index (χ0) is 18.9. The van der Waals surface area contributed by atoms with Gasteiger partial charge in [0, 0.05) is 11.8 Å². The molecule has 0 bridgehead atoms. The average molecular weight is 352 g/mol. The van der Waals surface area contributed by atoms with E-state index in [1.165, 1.54) is 6.08 Å². The number of allylic oxidation sites excluding steroid dienone is 5. The fourth-order valence-corrected chi connectivity index (χ4v) is 4.33. The molecule has 0 spiro atoms. The number of carbonyl (C=O) groups is 2. The average Bonchev–Trinajstić information content (AvgIpc) is 2.64. The third-order valence-corrected chi connectivity index (χ3v) is 5.60. The summed E-state index contributed by atoms with van der Waals surface area (Å²) in [4.78, 5) is 25.8. The fourth-order valence-electron chi connectivity index (χ4n) is 4.33. The van der Waals surface area contributed by atoms with Gasteiger partial charge in [0.05, 0.1) is 12.0 Å². The Balaban J connectivity index is 2.07. The molecular formula is C22H24O4. The summed E-state index contributed by atoms with van der Waals surface area (Å²) in [6.45, 7) is 7.73. The molecule has 0 aromatic heterocycles. The van der Waals surface area contributed by atoms with Gasteiger partial charge in [0.15, 0.2) is 11.6 Å². The molecule has 4 nitrogen and oxygen atoms in total. The maximum absolute atomic E-state index is 13.1. The lowest BCUT2D eigenvalue weighted by Gasteiger charge is -2.47. The smallest absolute Gasteiger partial charge is 0.166 e. The Labute approximate surface area is 153 Å². The van der Waals surface area contributed by atoms with E-state index >= 15 is 0 Å². The molecule has 0 amide bonds. The van der Waals surface area contributed by atoms with Crippen LogP contribution in [0.25, 0.3) is 0 Å². The Kier molecular flexibility index (Phi) is 4.97. The first-order valence-corrected chi connectivity index (χ1v) is 8.86. The Hall–Kier alpha value is -2.46. The van der Waals surface area contributed by atoms with Crippen LogP contribution in [-0.2, 0) is 9.59 Å². The normalized spacial score (nSPS) is 28.1. The molecule has 0 heterocycles. The second kappa shape index (κ2) is 7.04. The minimum atomic E-state index is -0.818.